The van der Waals surface area contributed by atoms with Gasteiger partial charge in [0.25, 0.3) is 0 Å². The first kappa shape index (κ1) is 18.7. The Hall–Kier alpha value is -2.05. The first-order chi connectivity index (χ1) is 12.7. The molecule has 138 valence electrons. The van der Waals surface area contributed by atoms with Gasteiger partial charge in [0.05, 0.1) is 19.0 Å². The molecule has 2 aromatic rings. The summed E-state index contributed by atoms with van der Waals surface area (Å²) in [6, 6.07) is 12.5. The van der Waals surface area contributed by atoms with E-state index in [4.69, 9.17) is 4.74 Å². The Labute approximate surface area is 159 Å². The number of carbonyl (C=O) groups is 1. The second-order valence-corrected chi connectivity index (χ2v) is 7.36. The van der Waals surface area contributed by atoms with Gasteiger partial charge in [0.15, 0.2) is 0 Å². The molecule has 1 aromatic heterocycles. The van der Waals surface area contributed by atoms with Crippen LogP contribution in [0.25, 0.3) is 0 Å². The van der Waals surface area contributed by atoms with Gasteiger partial charge in [-0.25, -0.2) is 4.98 Å². The number of carbonyl (C=O) groups excluding carboxylic acids is 1. The van der Waals surface area contributed by atoms with Crippen LogP contribution in [0.15, 0.2) is 42.6 Å². The van der Waals surface area contributed by atoms with Crippen molar-refractivity contribution in [2.24, 2.45) is 0 Å². The normalized spacial score (nSPS) is 14.3. The number of amides is 1. The third-order valence-corrected chi connectivity index (χ3v) is 5.26. The third-order valence-electron chi connectivity index (χ3n) is 4.26. The Bertz CT molecular complexity index is 698. The molecule has 0 unspecified atom stereocenters. The number of thioether (sulfide) groups is 1. The lowest BCUT2D eigenvalue weighted by Gasteiger charge is -2.27. The van der Waals surface area contributed by atoms with Gasteiger partial charge in [-0.2, -0.15) is 0 Å². The lowest BCUT2D eigenvalue weighted by molar-refractivity contribution is -0.118. The minimum Gasteiger partial charge on any atom is -0.378 e. The predicted octanol–water partition coefficient (Wildman–Crippen LogP) is 2.78. The molecular weight excluding hydrogens is 346 g/mol. The summed E-state index contributed by atoms with van der Waals surface area (Å²) in [6.07, 6.45) is 1.84. The predicted molar refractivity (Wildman–Crippen MR) is 106 cm³/mol. The standard InChI is InChI=1S/C20H25N3O2S/c1-16-2-4-17(5-3-16)14-26-15-20(24)22-13-18-6-7-19(21-12-18)23-8-10-25-11-9-23/h2-7,12H,8-11,13-15H2,1H3,(H,22,24). The van der Waals surface area contributed by atoms with Crippen LogP contribution in [0, 0.1) is 6.92 Å². The number of benzene rings is 1. The van der Waals surface area contributed by atoms with Crippen molar-refractivity contribution >= 4 is 23.5 Å². The summed E-state index contributed by atoms with van der Waals surface area (Å²) < 4.78 is 5.36. The first-order valence-electron chi connectivity index (χ1n) is 8.88. The van der Waals surface area contributed by atoms with Crippen LogP contribution in [0.4, 0.5) is 5.82 Å². The molecule has 1 N–H and O–H groups in total. The molecule has 0 radical (unpaired) electrons. The van der Waals surface area contributed by atoms with Gasteiger partial charge >= 0.3 is 0 Å². The van der Waals surface area contributed by atoms with E-state index in [1.807, 2.05) is 18.3 Å². The van der Waals surface area contributed by atoms with Crippen molar-refractivity contribution in [3.8, 4) is 0 Å². The van der Waals surface area contributed by atoms with Crippen molar-refractivity contribution in [3.63, 3.8) is 0 Å². The maximum Gasteiger partial charge on any atom is 0.230 e. The number of anilines is 1. The summed E-state index contributed by atoms with van der Waals surface area (Å²) in [5, 5.41) is 2.96. The van der Waals surface area contributed by atoms with E-state index in [0.717, 1.165) is 43.4 Å². The summed E-state index contributed by atoms with van der Waals surface area (Å²) in [7, 11) is 0. The third kappa shape index (κ3) is 5.75. The Morgan fingerprint density at radius 2 is 1.88 bits per heavy atom. The van der Waals surface area contributed by atoms with Crippen LogP contribution in [-0.2, 0) is 21.8 Å². The van der Waals surface area contributed by atoms with Crippen molar-refractivity contribution in [3.05, 3.63) is 59.3 Å². The van der Waals surface area contributed by atoms with Gasteiger partial charge in [0.2, 0.25) is 5.91 Å². The molecule has 0 bridgehead atoms. The van der Waals surface area contributed by atoms with Gasteiger partial charge in [-0.3, -0.25) is 4.79 Å². The maximum atomic E-state index is 12.0. The summed E-state index contributed by atoms with van der Waals surface area (Å²) >= 11 is 1.63. The van der Waals surface area contributed by atoms with Crippen LogP contribution in [-0.4, -0.2) is 42.9 Å². The lowest BCUT2D eigenvalue weighted by atomic mass is 10.2. The molecule has 5 nitrogen and oxygen atoms in total. The smallest absolute Gasteiger partial charge is 0.230 e. The average Bonchev–Trinajstić information content (AvgIpc) is 2.69. The molecule has 1 amide bonds. The fourth-order valence-corrected chi connectivity index (χ4v) is 3.52. The molecular formula is C20H25N3O2S. The van der Waals surface area contributed by atoms with Crippen molar-refractivity contribution in [2.75, 3.05) is 37.0 Å². The Kier molecular flexibility index (Phi) is 6.91. The summed E-state index contributed by atoms with van der Waals surface area (Å²) in [4.78, 5) is 18.7. The number of aryl methyl sites for hydroxylation is 1. The fraction of sp³-hybridized carbons (Fsp3) is 0.400. The molecule has 0 saturated carbocycles. The zero-order chi connectivity index (χ0) is 18.2. The lowest BCUT2D eigenvalue weighted by Crippen LogP contribution is -2.36. The van der Waals surface area contributed by atoms with Crippen molar-refractivity contribution in [1.82, 2.24) is 10.3 Å². The van der Waals surface area contributed by atoms with E-state index in [2.05, 4.69) is 46.4 Å². The van der Waals surface area contributed by atoms with E-state index in [0.29, 0.717) is 12.3 Å². The second-order valence-electron chi connectivity index (χ2n) is 6.38. The molecule has 3 rings (SSSR count). The van der Waals surface area contributed by atoms with Crippen LogP contribution < -0.4 is 10.2 Å². The van der Waals surface area contributed by atoms with Crippen LogP contribution in [0.2, 0.25) is 0 Å². The quantitative estimate of drug-likeness (QED) is 0.811. The Morgan fingerprint density at radius 3 is 2.58 bits per heavy atom. The van der Waals surface area contributed by atoms with Gasteiger partial charge in [-0.1, -0.05) is 35.9 Å². The zero-order valence-corrected chi connectivity index (χ0v) is 15.9. The van der Waals surface area contributed by atoms with Crippen LogP contribution in [0.1, 0.15) is 16.7 Å². The van der Waals surface area contributed by atoms with Crippen LogP contribution in [0.5, 0.6) is 0 Å². The molecule has 6 heteroatoms. The number of nitrogens with zero attached hydrogens (tertiary/aromatic N) is 2. The largest absolute Gasteiger partial charge is 0.378 e. The molecule has 1 aliphatic heterocycles. The number of nitrogens with one attached hydrogen (secondary N) is 1. The van der Waals surface area contributed by atoms with Gasteiger partial charge in [0.1, 0.15) is 5.82 Å². The molecule has 1 fully saturated rings. The van der Waals surface area contributed by atoms with Gasteiger partial charge in [-0.15, -0.1) is 11.8 Å². The molecule has 1 aromatic carbocycles. The van der Waals surface area contributed by atoms with Crippen molar-refractivity contribution in [1.29, 1.82) is 0 Å². The summed E-state index contributed by atoms with van der Waals surface area (Å²) in [5.74, 6) is 2.34. The second kappa shape index (κ2) is 9.59. The summed E-state index contributed by atoms with van der Waals surface area (Å²) in [5.41, 5.74) is 3.51. The van der Waals surface area contributed by atoms with Gasteiger partial charge in [-0.05, 0) is 24.1 Å². The molecule has 0 atom stereocenters. The number of hydrogen-bond donors (Lipinski definition) is 1. The van der Waals surface area contributed by atoms with E-state index in [1.165, 1.54) is 11.1 Å². The van der Waals surface area contributed by atoms with Crippen molar-refractivity contribution in [2.45, 2.75) is 19.2 Å². The number of morpholine rings is 1. The first-order valence-corrected chi connectivity index (χ1v) is 10.0. The van der Waals surface area contributed by atoms with Gasteiger partial charge in [0, 0.05) is 31.6 Å². The highest BCUT2D eigenvalue weighted by Crippen LogP contribution is 2.14. The average molecular weight is 372 g/mol. The van der Waals surface area contributed by atoms with Crippen LogP contribution >= 0.6 is 11.8 Å². The zero-order valence-electron chi connectivity index (χ0n) is 15.1. The Balaban J connectivity index is 1.37. The SMILES string of the molecule is Cc1ccc(CSCC(=O)NCc2ccc(N3CCOCC3)nc2)cc1. The molecule has 1 aliphatic rings. The molecule has 1 saturated heterocycles. The molecule has 2 heterocycles. The fourth-order valence-electron chi connectivity index (χ4n) is 2.70. The topological polar surface area (TPSA) is 54.5 Å². The number of pyridine rings is 1. The Morgan fingerprint density at radius 1 is 1.15 bits per heavy atom. The number of ether oxygens (including phenoxy) is 1. The van der Waals surface area contributed by atoms with Crippen molar-refractivity contribution < 1.29 is 9.53 Å². The van der Waals surface area contributed by atoms with Crippen LogP contribution in [0.3, 0.4) is 0 Å². The highest BCUT2D eigenvalue weighted by atomic mass is 32.2. The number of hydrogen-bond acceptors (Lipinski definition) is 5. The molecule has 0 aliphatic carbocycles. The number of aromatic nitrogens is 1. The minimum absolute atomic E-state index is 0.0550. The summed E-state index contributed by atoms with van der Waals surface area (Å²) in [6.45, 7) is 5.84. The maximum absolute atomic E-state index is 12.0. The van der Waals surface area contributed by atoms with E-state index in [9.17, 15) is 4.79 Å². The van der Waals surface area contributed by atoms with Gasteiger partial charge < -0.3 is 15.0 Å². The van der Waals surface area contributed by atoms with E-state index >= 15 is 0 Å². The monoisotopic (exact) mass is 371 g/mol. The van der Waals surface area contributed by atoms with E-state index in [-0.39, 0.29) is 5.91 Å². The van der Waals surface area contributed by atoms with E-state index in [1.54, 1.807) is 11.8 Å². The van der Waals surface area contributed by atoms with E-state index < -0.39 is 0 Å². The molecule has 0 spiro atoms. The minimum atomic E-state index is 0.0550. The highest BCUT2D eigenvalue weighted by molar-refractivity contribution is 7.99. The number of rotatable bonds is 7. The molecule has 26 heavy (non-hydrogen) atoms. The highest BCUT2D eigenvalue weighted by Gasteiger charge is 2.12.